The molecule has 116 valence electrons. The standard InChI is InChI=1S/C19H17ClN2O/c1-3-7-16-19(23)22(2)17-11-10-14(20)12-15(17)18(21-16)13-8-5-4-6-9-13/h3-6,8-12,16H,1,7H2,2H3. The highest BCUT2D eigenvalue weighted by molar-refractivity contribution is 6.32. The molecule has 23 heavy (non-hydrogen) atoms. The Balaban J connectivity index is 2.25. The molecule has 1 aliphatic heterocycles. The first-order valence-electron chi connectivity index (χ1n) is 7.43. The van der Waals surface area contributed by atoms with Crippen molar-refractivity contribution in [2.75, 3.05) is 11.9 Å². The van der Waals surface area contributed by atoms with Crippen molar-refractivity contribution in [1.29, 1.82) is 0 Å². The number of nitrogens with zero attached hydrogens (tertiary/aromatic N) is 2. The number of likely N-dealkylation sites (N-methyl/N-ethyl adjacent to an activating group) is 1. The van der Waals surface area contributed by atoms with Gasteiger partial charge in [0.25, 0.3) is 5.91 Å². The highest BCUT2D eigenvalue weighted by atomic mass is 35.5. The van der Waals surface area contributed by atoms with Crippen molar-refractivity contribution in [2.45, 2.75) is 12.5 Å². The van der Waals surface area contributed by atoms with Gasteiger partial charge in [-0.2, -0.15) is 0 Å². The largest absolute Gasteiger partial charge is 0.313 e. The minimum absolute atomic E-state index is 0.0422. The SMILES string of the molecule is C=CCC1N=C(c2ccccc2)c2cc(Cl)ccc2N(C)C1=O. The predicted octanol–water partition coefficient (Wildman–Crippen LogP) is 4.10. The minimum atomic E-state index is -0.473. The molecule has 0 fully saturated rings. The van der Waals surface area contributed by atoms with Crippen molar-refractivity contribution in [3.63, 3.8) is 0 Å². The minimum Gasteiger partial charge on any atom is -0.313 e. The molecule has 0 aliphatic carbocycles. The lowest BCUT2D eigenvalue weighted by atomic mass is 10.0. The maximum atomic E-state index is 12.7. The fraction of sp³-hybridized carbons (Fsp3) is 0.158. The molecule has 1 unspecified atom stereocenters. The number of hydrogen-bond donors (Lipinski definition) is 0. The van der Waals surface area contributed by atoms with Gasteiger partial charge < -0.3 is 4.90 Å². The van der Waals surface area contributed by atoms with Gasteiger partial charge in [0, 0.05) is 23.2 Å². The van der Waals surface area contributed by atoms with E-state index in [4.69, 9.17) is 16.6 Å². The van der Waals surface area contributed by atoms with Crippen molar-refractivity contribution in [3.05, 3.63) is 77.3 Å². The van der Waals surface area contributed by atoms with E-state index in [1.165, 1.54) is 0 Å². The van der Waals surface area contributed by atoms with Crippen LogP contribution >= 0.6 is 11.6 Å². The summed E-state index contributed by atoms with van der Waals surface area (Å²) in [4.78, 5) is 19.1. The van der Waals surface area contributed by atoms with Gasteiger partial charge in [-0.05, 0) is 24.6 Å². The fourth-order valence-corrected chi connectivity index (χ4v) is 2.92. The quantitative estimate of drug-likeness (QED) is 0.782. The van der Waals surface area contributed by atoms with Crippen LogP contribution in [0.4, 0.5) is 5.69 Å². The molecule has 2 aromatic carbocycles. The van der Waals surface area contributed by atoms with Crippen molar-refractivity contribution in [2.24, 2.45) is 4.99 Å². The van der Waals surface area contributed by atoms with E-state index in [2.05, 4.69) is 6.58 Å². The van der Waals surface area contributed by atoms with Crippen molar-refractivity contribution in [1.82, 2.24) is 0 Å². The number of benzodiazepines with no additional fused rings is 1. The smallest absolute Gasteiger partial charge is 0.251 e. The number of hydrogen-bond acceptors (Lipinski definition) is 2. The summed E-state index contributed by atoms with van der Waals surface area (Å²) in [5.41, 5.74) is 3.43. The molecule has 0 bridgehead atoms. The van der Waals surface area contributed by atoms with Gasteiger partial charge in [-0.15, -0.1) is 6.58 Å². The lowest BCUT2D eigenvalue weighted by molar-refractivity contribution is -0.119. The third kappa shape index (κ3) is 2.92. The molecule has 0 saturated heterocycles. The van der Waals surface area contributed by atoms with Crippen LogP contribution in [0.1, 0.15) is 17.5 Å². The van der Waals surface area contributed by atoms with Gasteiger partial charge in [0.1, 0.15) is 6.04 Å². The summed E-state index contributed by atoms with van der Waals surface area (Å²) in [5.74, 6) is -0.0422. The summed E-state index contributed by atoms with van der Waals surface area (Å²) >= 11 is 6.19. The maximum absolute atomic E-state index is 12.7. The van der Waals surface area contributed by atoms with E-state index < -0.39 is 6.04 Å². The fourth-order valence-electron chi connectivity index (χ4n) is 2.75. The van der Waals surface area contributed by atoms with Crippen LogP contribution in [0.2, 0.25) is 5.02 Å². The molecule has 3 rings (SSSR count). The zero-order chi connectivity index (χ0) is 16.4. The zero-order valence-corrected chi connectivity index (χ0v) is 13.6. The second-order valence-electron chi connectivity index (χ2n) is 5.44. The van der Waals surface area contributed by atoms with E-state index in [0.717, 1.165) is 22.5 Å². The van der Waals surface area contributed by atoms with E-state index in [1.54, 1.807) is 24.1 Å². The number of carbonyl (C=O) groups is 1. The lowest BCUT2D eigenvalue weighted by Crippen LogP contribution is -2.34. The Labute approximate surface area is 140 Å². The second-order valence-corrected chi connectivity index (χ2v) is 5.88. The first kappa shape index (κ1) is 15.5. The van der Waals surface area contributed by atoms with Gasteiger partial charge in [0.05, 0.1) is 11.4 Å². The Morgan fingerprint density at radius 3 is 2.70 bits per heavy atom. The predicted molar refractivity (Wildman–Crippen MR) is 95.5 cm³/mol. The van der Waals surface area contributed by atoms with Crippen LogP contribution in [0.25, 0.3) is 0 Å². The third-order valence-electron chi connectivity index (χ3n) is 3.91. The molecule has 0 N–H and O–H groups in total. The molecule has 1 atom stereocenters. The maximum Gasteiger partial charge on any atom is 0.251 e. The lowest BCUT2D eigenvalue weighted by Gasteiger charge is -2.20. The van der Waals surface area contributed by atoms with Crippen LogP contribution in [-0.2, 0) is 4.79 Å². The number of halogens is 1. The van der Waals surface area contributed by atoms with Crippen molar-refractivity contribution >= 4 is 28.9 Å². The summed E-state index contributed by atoms with van der Waals surface area (Å²) in [6.45, 7) is 3.74. The summed E-state index contributed by atoms with van der Waals surface area (Å²) in [6, 6.07) is 14.9. The molecule has 0 saturated carbocycles. The van der Waals surface area contributed by atoms with E-state index in [-0.39, 0.29) is 5.91 Å². The number of amides is 1. The van der Waals surface area contributed by atoms with Crippen LogP contribution in [0.3, 0.4) is 0 Å². The molecule has 2 aromatic rings. The number of fused-ring (bicyclic) bond motifs is 1. The molecule has 1 aliphatic rings. The Hall–Kier alpha value is -2.39. The summed E-state index contributed by atoms with van der Waals surface area (Å²) in [7, 11) is 1.77. The van der Waals surface area contributed by atoms with Gasteiger partial charge in [-0.1, -0.05) is 48.0 Å². The van der Waals surface area contributed by atoms with Gasteiger partial charge in [-0.3, -0.25) is 9.79 Å². The molecule has 1 amide bonds. The first-order valence-corrected chi connectivity index (χ1v) is 7.81. The second kappa shape index (κ2) is 6.39. The van der Waals surface area contributed by atoms with Crippen LogP contribution in [0, 0.1) is 0 Å². The number of carbonyl (C=O) groups excluding carboxylic acids is 1. The summed E-state index contributed by atoms with van der Waals surface area (Å²) < 4.78 is 0. The van der Waals surface area contributed by atoms with Gasteiger partial charge >= 0.3 is 0 Å². The third-order valence-corrected chi connectivity index (χ3v) is 4.15. The molecule has 0 aromatic heterocycles. The normalized spacial score (nSPS) is 17.3. The molecular formula is C19H17ClN2O. The molecule has 3 nitrogen and oxygen atoms in total. The molecule has 0 spiro atoms. The number of aliphatic imine (C=N–C) groups is 1. The number of benzene rings is 2. The summed E-state index contributed by atoms with van der Waals surface area (Å²) in [5, 5.41) is 0.621. The Morgan fingerprint density at radius 1 is 1.26 bits per heavy atom. The van der Waals surface area contributed by atoms with Crippen LogP contribution in [0.5, 0.6) is 0 Å². The average molecular weight is 325 g/mol. The highest BCUT2D eigenvalue weighted by Crippen LogP contribution is 2.30. The topological polar surface area (TPSA) is 32.7 Å². The number of rotatable bonds is 3. The van der Waals surface area contributed by atoms with Gasteiger partial charge in [0.15, 0.2) is 0 Å². The first-order chi connectivity index (χ1) is 11.1. The van der Waals surface area contributed by atoms with Crippen molar-refractivity contribution < 1.29 is 4.79 Å². The van der Waals surface area contributed by atoms with E-state index in [0.29, 0.717) is 11.4 Å². The van der Waals surface area contributed by atoms with Gasteiger partial charge in [-0.25, -0.2) is 0 Å². The Bertz CT molecular complexity index is 783. The van der Waals surface area contributed by atoms with Gasteiger partial charge in [0.2, 0.25) is 0 Å². The van der Waals surface area contributed by atoms with E-state index in [9.17, 15) is 4.79 Å². The monoisotopic (exact) mass is 324 g/mol. The van der Waals surface area contributed by atoms with Crippen LogP contribution in [-0.4, -0.2) is 24.7 Å². The zero-order valence-electron chi connectivity index (χ0n) is 12.9. The highest BCUT2D eigenvalue weighted by Gasteiger charge is 2.29. The molecule has 4 heteroatoms. The number of anilines is 1. The molecular weight excluding hydrogens is 308 g/mol. The van der Waals surface area contributed by atoms with E-state index >= 15 is 0 Å². The van der Waals surface area contributed by atoms with Crippen molar-refractivity contribution in [3.8, 4) is 0 Å². The Morgan fingerprint density at radius 2 is 2.00 bits per heavy atom. The van der Waals surface area contributed by atoms with E-state index in [1.807, 2.05) is 42.5 Å². The van der Waals surface area contributed by atoms with Crippen LogP contribution < -0.4 is 4.90 Å². The molecule has 0 radical (unpaired) electrons. The average Bonchev–Trinajstić information content (AvgIpc) is 2.66. The summed E-state index contributed by atoms with van der Waals surface area (Å²) in [6.07, 6.45) is 2.23. The Kier molecular flexibility index (Phi) is 4.30. The van der Waals surface area contributed by atoms with Crippen LogP contribution in [0.15, 0.2) is 66.2 Å². The molecule has 1 heterocycles.